The van der Waals surface area contributed by atoms with Crippen LogP contribution in [0, 0.1) is 0 Å². The lowest BCUT2D eigenvalue weighted by Gasteiger charge is -2.26. The molecule has 204 valence electrons. The van der Waals surface area contributed by atoms with Crippen LogP contribution in [-0.2, 0) is 4.74 Å². The van der Waals surface area contributed by atoms with Crippen LogP contribution < -0.4 is 23.8 Å². The van der Waals surface area contributed by atoms with Crippen molar-refractivity contribution in [2.45, 2.75) is 13.8 Å². The van der Waals surface area contributed by atoms with E-state index >= 15 is 0 Å². The maximum absolute atomic E-state index is 6.00. The number of aromatic nitrogens is 2. The lowest BCUT2D eigenvalue weighted by atomic mass is 10.1. The zero-order valence-electron chi connectivity index (χ0n) is 23.0. The minimum Gasteiger partial charge on any atom is -0.496 e. The van der Waals surface area contributed by atoms with Crippen LogP contribution >= 0.6 is 0 Å². The van der Waals surface area contributed by atoms with Crippen molar-refractivity contribution in [3.63, 3.8) is 0 Å². The Morgan fingerprint density at radius 2 is 1.45 bits per heavy atom. The summed E-state index contributed by atoms with van der Waals surface area (Å²) in [4.78, 5) is 14.3. The topological polar surface area (TPSA) is 78.4 Å². The van der Waals surface area contributed by atoms with E-state index in [0.717, 1.165) is 74.2 Å². The number of rotatable bonds is 12. The van der Waals surface area contributed by atoms with Crippen LogP contribution in [0.4, 0.5) is 5.95 Å². The number of methoxy groups -OCH3 is 3. The summed E-state index contributed by atoms with van der Waals surface area (Å²) in [6, 6.07) is 13.7. The molecule has 9 heteroatoms. The normalized spacial score (nSPS) is 13.7. The van der Waals surface area contributed by atoms with Gasteiger partial charge in [-0.15, -0.1) is 0 Å². The molecule has 38 heavy (non-hydrogen) atoms. The van der Waals surface area contributed by atoms with Gasteiger partial charge in [0.1, 0.15) is 18.1 Å². The van der Waals surface area contributed by atoms with Gasteiger partial charge >= 0.3 is 0 Å². The third-order valence-electron chi connectivity index (χ3n) is 6.67. The number of hydrogen-bond acceptors (Lipinski definition) is 9. The summed E-state index contributed by atoms with van der Waals surface area (Å²) in [5, 5.41) is 0. The fourth-order valence-electron chi connectivity index (χ4n) is 4.44. The van der Waals surface area contributed by atoms with E-state index in [4.69, 9.17) is 33.7 Å². The number of morpholine rings is 1. The molecular formula is C29H38N4O5. The molecule has 1 aliphatic heterocycles. The van der Waals surface area contributed by atoms with Crippen LogP contribution in [0.3, 0.4) is 0 Å². The van der Waals surface area contributed by atoms with Crippen molar-refractivity contribution in [2.24, 2.45) is 0 Å². The molecule has 0 bridgehead atoms. The molecule has 1 aliphatic rings. The highest BCUT2D eigenvalue weighted by atomic mass is 16.5. The first-order valence-corrected chi connectivity index (χ1v) is 13.1. The number of ether oxygens (including phenoxy) is 5. The van der Waals surface area contributed by atoms with E-state index in [2.05, 4.69) is 23.6 Å². The molecule has 1 saturated heterocycles. The first kappa shape index (κ1) is 27.5. The summed E-state index contributed by atoms with van der Waals surface area (Å²) in [7, 11) is 4.86. The van der Waals surface area contributed by atoms with E-state index in [-0.39, 0.29) is 0 Å². The van der Waals surface area contributed by atoms with E-state index in [1.54, 1.807) is 21.3 Å². The molecule has 9 nitrogen and oxygen atoms in total. The Morgan fingerprint density at radius 3 is 2.08 bits per heavy atom. The molecule has 0 radical (unpaired) electrons. The predicted octanol–water partition coefficient (Wildman–Crippen LogP) is 4.39. The van der Waals surface area contributed by atoms with Gasteiger partial charge in [0.15, 0.2) is 11.5 Å². The largest absolute Gasteiger partial charge is 0.496 e. The van der Waals surface area contributed by atoms with Crippen molar-refractivity contribution >= 4 is 5.95 Å². The lowest BCUT2D eigenvalue weighted by Crippen LogP contribution is -2.38. The van der Waals surface area contributed by atoms with Gasteiger partial charge in [-0.1, -0.05) is 0 Å². The zero-order chi connectivity index (χ0) is 26.9. The Labute approximate surface area is 225 Å². The Kier molecular flexibility index (Phi) is 9.62. The van der Waals surface area contributed by atoms with Gasteiger partial charge in [0.25, 0.3) is 0 Å². The third kappa shape index (κ3) is 6.46. The van der Waals surface area contributed by atoms with Crippen LogP contribution in [0.5, 0.6) is 23.0 Å². The highest BCUT2D eigenvalue weighted by Gasteiger charge is 2.18. The maximum atomic E-state index is 6.00. The van der Waals surface area contributed by atoms with E-state index in [1.807, 2.05) is 42.5 Å². The standard InChI is InChI=1S/C29H38N4O5/c1-6-33(7-2)29-30-24(19-25(31-29)23-18-27(35-4)28(36-5)20-26(23)34-3)21-8-10-22(11-9-21)38-17-14-32-12-15-37-16-13-32/h8-11,18-20H,6-7,12-17H2,1-5H3. The highest BCUT2D eigenvalue weighted by molar-refractivity contribution is 5.76. The van der Waals surface area contributed by atoms with Crippen molar-refractivity contribution in [2.75, 3.05) is 78.8 Å². The van der Waals surface area contributed by atoms with E-state index < -0.39 is 0 Å². The fraction of sp³-hybridized carbons (Fsp3) is 0.448. The molecule has 2 aromatic carbocycles. The summed E-state index contributed by atoms with van der Waals surface area (Å²) < 4.78 is 28.1. The molecular weight excluding hydrogens is 484 g/mol. The predicted molar refractivity (Wildman–Crippen MR) is 149 cm³/mol. The monoisotopic (exact) mass is 522 g/mol. The smallest absolute Gasteiger partial charge is 0.226 e. The van der Waals surface area contributed by atoms with Crippen LogP contribution in [0.1, 0.15) is 13.8 Å². The SMILES string of the molecule is CCN(CC)c1nc(-c2ccc(OCCN3CCOCC3)cc2)cc(-c2cc(OC)c(OC)cc2OC)n1. The molecule has 2 heterocycles. The van der Waals surface area contributed by atoms with E-state index in [9.17, 15) is 0 Å². The molecule has 1 aromatic heterocycles. The second-order valence-corrected chi connectivity index (χ2v) is 8.85. The second kappa shape index (κ2) is 13.3. The van der Waals surface area contributed by atoms with Crippen LogP contribution in [0.2, 0.25) is 0 Å². The molecule has 4 rings (SSSR count). The summed E-state index contributed by atoms with van der Waals surface area (Å²) >= 11 is 0. The Bertz CT molecular complexity index is 1180. The zero-order valence-corrected chi connectivity index (χ0v) is 23.0. The number of hydrogen-bond donors (Lipinski definition) is 0. The second-order valence-electron chi connectivity index (χ2n) is 8.85. The maximum Gasteiger partial charge on any atom is 0.226 e. The Morgan fingerprint density at radius 1 is 0.816 bits per heavy atom. The molecule has 0 spiro atoms. The third-order valence-corrected chi connectivity index (χ3v) is 6.67. The van der Waals surface area contributed by atoms with Gasteiger partial charge in [-0.05, 0) is 50.2 Å². The minimum atomic E-state index is 0.593. The fourth-order valence-corrected chi connectivity index (χ4v) is 4.44. The molecule has 0 aliphatic carbocycles. The summed E-state index contributed by atoms with van der Waals surface area (Å²) in [6.45, 7) is 10.8. The van der Waals surface area contributed by atoms with Gasteiger partial charge in [0.05, 0.1) is 45.9 Å². The number of benzene rings is 2. The van der Waals surface area contributed by atoms with Crippen molar-refractivity contribution < 1.29 is 23.7 Å². The van der Waals surface area contributed by atoms with Gasteiger partial charge in [0.2, 0.25) is 5.95 Å². The molecule has 0 atom stereocenters. The van der Waals surface area contributed by atoms with Crippen LogP contribution in [0.15, 0.2) is 42.5 Å². The van der Waals surface area contributed by atoms with Gasteiger partial charge in [-0.3, -0.25) is 4.90 Å². The van der Waals surface area contributed by atoms with Crippen molar-refractivity contribution in [3.05, 3.63) is 42.5 Å². The van der Waals surface area contributed by atoms with E-state index in [0.29, 0.717) is 29.8 Å². The first-order valence-electron chi connectivity index (χ1n) is 13.1. The molecule has 0 saturated carbocycles. The van der Waals surface area contributed by atoms with Crippen molar-refractivity contribution in [1.82, 2.24) is 14.9 Å². The van der Waals surface area contributed by atoms with Gasteiger partial charge in [-0.2, -0.15) is 0 Å². The van der Waals surface area contributed by atoms with Gasteiger partial charge in [-0.25, -0.2) is 9.97 Å². The molecule has 0 N–H and O–H groups in total. The van der Waals surface area contributed by atoms with Crippen molar-refractivity contribution in [1.29, 1.82) is 0 Å². The number of anilines is 1. The molecule has 0 unspecified atom stereocenters. The van der Waals surface area contributed by atoms with Crippen LogP contribution in [0.25, 0.3) is 22.5 Å². The quantitative estimate of drug-likeness (QED) is 0.344. The summed E-state index contributed by atoms with van der Waals surface area (Å²) in [5.74, 6) is 3.33. The Hall–Kier alpha value is -3.56. The average molecular weight is 523 g/mol. The van der Waals surface area contributed by atoms with Crippen LogP contribution in [-0.4, -0.2) is 88.7 Å². The van der Waals surface area contributed by atoms with E-state index in [1.165, 1.54) is 0 Å². The number of nitrogens with zero attached hydrogens (tertiary/aromatic N) is 4. The summed E-state index contributed by atoms with van der Waals surface area (Å²) in [6.07, 6.45) is 0. The first-order chi connectivity index (χ1) is 18.6. The minimum absolute atomic E-state index is 0.593. The van der Waals surface area contributed by atoms with Gasteiger partial charge in [0, 0.05) is 49.9 Å². The lowest BCUT2D eigenvalue weighted by molar-refractivity contribution is 0.0322. The molecule has 3 aromatic rings. The molecule has 1 fully saturated rings. The summed E-state index contributed by atoms with van der Waals surface area (Å²) in [5.41, 5.74) is 3.32. The Balaban J connectivity index is 1.64. The highest BCUT2D eigenvalue weighted by Crippen LogP contribution is 2.40. The van der Waals surface area contributed by atoms with Gasteiger partial charge < -0.3 is 28.6 Å². The average Bonchev–Trinajstić information content (AvgIpc) is 2.97. The molecule has 0 amide bonds. The van der Waals surface area contributed by atoms with Crippen molar-refractivity contribution in [3.8, 4) is 45.5 Å².